The van der Waals surface area contributed by atoms with Crippen molar-refractivity contribution >= 4 is 28.3 Å². The third-order valence-electron chi connectivity index (χ3n) is 4.56. The number of hydrogen-bond acceptors (Lipinski definition) is 5. The van der Waals surface area contributed by atoms with Gasteiger partial charge in [0.15, 0.2) is 0 Å². The van der Waals surface area contributed by atoms with E-state index >= 15 is 0 Å². The van der Waals surface area contributed by atoms with Crippen LogP contribution in [0.15, 0.2) is 29.2 Å². The molecule has 9 heteroatoms. The van der Waals surface area contributed by atoms with E-state index in [0.717, 1.165) is 25.9 Å². The van der Waals surface area contributed by atoms with Crippen LogP contribution in [-0.2, 0) is 14.8 Å². The Labute approximate surface area is 168 Å². The van der Waals surface area contributed by atoms with E-state index in [9.17, 15) is 13.2 Å². The minimum absolute atomic E-state index is 0. The first-order chi connectivity index (χ1) is 12.3. The number of carbonyl (C=O) groups is 1. The van der Waals surface area contributed by atoms with Crippen LogP contribution in [0.1, 0.15) is 37.0 Å². The number of methoxy groups -OCH3 is 1. The highest BCUT2D eigenvalue weighted by atomic mass is 35.5. The highest BCUT2D eigenvalue weighted by Crippen LogP contribution is 2.28. The molecule has 0 radical (unpaired) electrons. The maximum atomic E-state index is 12.4. The predicted molar refractivity (Wildman–Crippen MR) is 108 cm³/mol. The normalized spacial score (nSPS) is 16.6. The lowest BCUT2D eigenvalue weighted by molar-refractivity contribution is 0.0511. The van der Waals surface area contributed by atoms with Gasteiger partial charge in [-0.1, -0.05) is 0 Å². The predicted octanol–water partition coefficient (Wildman–Crippen LogP) is 1.54. The van der Waals surface area contributed by atoms with Crippen LogP contribution in [0.4, 0.5) is 0 Å². The molecule has 0 aliphatic carbocycles. The average Bonchev–Trinajstić information content (AvgIpc) is 2.60. The zero-order chi connectivity index (χ0) is 19.2. The second kappa shape index (κ2) is 10.4. The molecule has 154 valence electrons. The summed E-state index contributed by atoms with van der Waals surface area (Å²) < 4.78 is 32.2. The van der Waals surface area contributed by atoms with Crippen molar-refractivity contribution in [2.45, 2.75) is 37.6 Å². The van der Waals surface area contributed by atoms with E-state index in [4.69, 9.17) is 4.74 Å². The molecular weight excluding hydrogens is 390 g/mol. The van der Waals surface area contributed by atoms with Crippen molar-refractivity contribution in [2.24, 2.45) is 5.41 Å². The molecule has 0 bridgehead atoms. The van der Waals surface area contributed by atoms with Gasteiger partial charge >= 0.3 is 0 Å². The lowest BCUT2D eigenvalue weighted by Crippen LogP contribution is -2.47. The van der Waals surface area contributed by atoms with Crippen molar-refractivity contribution < 1.29 is 17.9 Å². The minimum atomic E-state index is -3.55. The van der Waals surface area contributed by atoms with Crippen LogP contribution in [0, 0.1) is 5.41 Å². The van der Waals surface area contributed by atoms with Crippen LogP contribution >= 0.6 is 12.4 Å². The molecule has 27 heavy (non-hydrogen) atoms. The number of sulfonamides is 1. The van der Waals surface area contributed by atoms with Crippen LogP contribution in [0.2, 0.25) is 0 Å². The molecule has 1 aromatic rings. The number of rotatable bonds is 8. The highest BCUT2D eigenvalue weighted by molar-refractivity contribution is 7.89. The molecule has 1 heterocycles. The van der Waals surface area contributed by atoms with Gasteiger partial charge in [-0.2, -0.15) is 0 Å². The number of benzene rings is 1. The van der Waals surface area contributed by atoms with E-state index in [0.29, 0.717) is 18.7 Å². The summed E-state index contributed by atoms with van der Waals surface area (Å²) in [4.78, 5) is 12.6. The van der Waals surface area contributed by atoms with Crippen molar-refractivity contribution in [2.75, 3.05) is 33.4 Å². The zero-order valence-corrected chi connectivity index (χ0v) is 17.7. The Bertz CT molecular complexity index is 696. The summed E-state index contributed by atoms with van der Waals surface area (Å²) in [5.74, 6) is -0.209. The fourth-order valence-electron chi connectivity index (χ4n) is 3.17. The molecule has 1 aliphatic heterocycles. The standard InChI is InChI=1S/C18H29N3O4S.ClH/c1-14(2)21-26(23,24)16-6-4-15(5-7-16)17(22)20-12-18(13-25-3)8-10-19-11-9-18;/h4-7,14,19,21H,8-13H2,1-3H3,(H,20,22);1H. The smallest absolute Gasteiger partial charge is 0.251 e. The summed E-state index contributed by atoms with van der Waals surface area (Å²) in [6.45, 7) is 6.48. The second-order valence-corrected chi connectivity index (χ2v) is 8.88. The summed E-state index contributed by atoms with van der Waals surface area (Å²) >= 11 is 0. The number of ether oxygens (including phenoxy) is 1. The van der Waals surface area contributed by atoms with Crippen LogP contribution in [-0.4, -0.2) is 53.7 Å². The number of hydrogen-bond donors (Lipinski definition) is 3. The van der Waals surface area contributed by atoms with E-state index in [-0.39, 0.29) is 34.7 Å². The molecule has 2 rings (SSSR count). The number of amides is 1. The lowest BCUT2D eigenvalue weighted by Gasteiger charge is -2.37. The van der Waals surface area contributed by atoms with Crippen LogP contribution in [0.3, 0.4) is 0 Å². The molecule has 0 saturated carbocycles. The van der Waals surface area contributed by atoms with Gasteiger partial charge in [-0.15, -0.1) is 12.4 Å². The summed E-state index contributed by atoms with van der Waals surface area (Å²) in [5.41, 5.74) is 0.384. The van der Waals surface area contributed by atoms with Gasteiger partial charge in [0.1, 0.15) is 0 Å². The highest BCUT2D eigenvalue weighted by Gasteiger charge is 2.32. The Hall–Kier alpha value is -1.19. The number of carbonyl (C=O) groups excluding carboxylic acids is 1. The Balaban J connectivity index is 0.00000364. The lowest BCUT2D eigenvalue weighted by atomic mass is 9.79. The summed E-state index contributed by atoms with van der Waals surface area (Å²) in [7, 11) is -1.88. The molecule has 0 aromatic heterocycles. The van der Waals surface area contributed by atoms with Gasteiger partial charge in [-0.05, 0) is 64.0 Å². The van der Waals surface area contributed by atoms with Crippen LogP contribution < -0.4 is 15.4 Å². The molecule has 1 fully saturated rings. The number of halogens is 1. The van der Waals surface area contributed by atoms with Gasteiger partial charge < -0.3 is 15.4 Å². The third-order valence-corrected chi connectivity index (χ3v) is 6.23. The Kier molecular flexibility index (Phi) is 9.17. The molecule has 1 aromatic carbocycles. The van der Waals surface area contributed by atoms with Gasteiger partial charge in [0.05, 0.1) is 11.5 Å². The minimum Gasteiger partial charge on any atom is -0.384 e. The van der Waals surface area contributed by atoms with Crippen molar-refractivity contribution in [3.05, 3.63) is 29.8 Å². The molecular formula is C18H30ClN3O4S. The Morgan fingerprint density at radius 3 is 2.33 bits per heavy atom. The van der Waals surface area contributed by atoms with Crippen LogP contribution in [0.25, 0.3) is 0 Å². The first kappa shape index (κ1) is 23.8. The van der Waals surface area contributed by atoms with Gasteiger partial charge in [-0.3, -0.25) is 4.79 Å². The fraction of sp³-hybridized carbons (Fsp3) is 0.611. The third kappa shape index (κ3) is 6.73. The molecule has 1 amide bonds. The van der Waals surface area contributed by atoms with Crippen molar-refractivity contribution in [3.8, 4) is 0 Å². The van der Waals surface area contributed by atoms with E-state index in [1.807, 2.05) is 0 Å². The van der Waals surface area contributed by atoms with Gasteiger partial charge in [-0.25, -0.2) is 13.1 Å². The fourth-order valence-corrected chi connectivity index (χ4v) is 4.42. The molecule has 7 nitrogen and oxygen atoms in total. The first-order valence-electron chi connectivity index (χ1n) is 8.88. The molecule has 0 atom stereocenters. The first-order valence-corrected chi connectivity index (χ1v) is 10.4. The van der Waals surface area contributed by atoms with Gasteiger partial charge in [0.25, 0.3) is 5.91 Å². The number of piperidine rings is 1. The van der Waals surface area contributed by atoms with E-state index in [2.05, 4.69) is 15.4 Å². The maximum Gasteiger partial charge on any atom is 0.251 e. The summed E-state index contributed by atoms with van der Waals surface area (Å²) in [5, 5.41) is 6.29. The molecule has 1 saturated heterocycles. The number of nitrogens with one attached hydrogen (secondary N) is 3. The van der Waals surface area contributed by atoms with E-state index in [1.54, 1.807) is 21.0 Å². The monoisotopic (exact) mass is 419 g/mol. The van der Waals surface area contributed by atoms with E-state index < -0.39 is 10.0 Å². The molecule has 3 N–H and O–H groups in total. The molecule has 1 aliphatic rings. The average molecular weight is 420 g/mol. The summed E-state index contributed by atoms with van der Waals surface area (Å²) in [6, 6.07) is 5.79. The second-order valence-electron chi connectivity index (χ2n) is 7.17. The van der Waals surface area contributed by atoms with Gasteiger partial charge in [0, 0.05) is 30.7 Å². The topological polar surface area (TPSA) is 96.5 Å². The molecule has 0 unspecified atom stereocenters. The largest absolute Gasteiger partial charge is 0.384 e. The Morgan fingerprint density at radius 2 is 1.81 bits per heavy atom. The van der Waals surface area contributed by atoms with Crippen LogP contribution in [0.5, 0.6) is 0 Å². The van der Waals surface area contributed by atoms with Crippen molar-refractivity contribution in [1.82, 2.24) is 15.4 Å². The maximum absolute atomic E-state index is 12.4. The molecule has 0 spiro atoms. The van der Waals surface area contributed by atoms with Crippen molar-refractivity contribution in [3.63, 3.8) is 0 Å². The summed E-state index contributed by atoms with van der Waals surface area (Å²) in [6.07, 6.45) is 1.89. The zero-order valence-electron chi connectivity index (χ0n) is 16.1. The van der Waals surface area contributed by atoms with Gasteiger partial charge in [0.2, 0.25) is 10.0 Å². The van der Waals surface area contributed by atoms with E-state index in [1.165, 1.54) is 24.3 Å². The Morgan fingerprint density at radius 1 is 1.22 bits per heavy atom. The van der Waals surface area contributed by atoms with Crippen molar-refractivity contribution in [1.29, 1.82) is 0 Å². The SMILES string of the molecule is COCC1(CNC(=O)c2ccc(S(=O)(=O)NC(C)C)cc2)CCNCC1.Cl. The quantitative estimate of drug-likeness (QED) is 0.594.